The smallest absolute Gasteiger partial charge is 0.264 e. The second-order valence-electron chi connectivity index (χ2n) is 12.5. The number of carbonyl (C=O) groups excluding carboxylic acids is 2. The van der Waals surface area contributed by atoms with Gasteiger partial charge in [0.2, 0.25) is 11.8 Å². The molecule has 0 saturated heterocycles. The first kappa shape index (κ1) is 36.4. The SMILES string of the molecule is COc1ccc(N(CC(=O)N(Cc2ccccc2F)C(Cc2ccccc2)C(=O)NC2CCCCC2)S(=O)(=O)c2ccc(C)cc2)cc1OC. The normalized spacial score (nSPS) is 14.0. The minimum Gasteiger partial charge on any atom is -0.493 e. The molecule has 0 aliphatic heterocycles. The van der Waals surface area contributed by atoms with Crippen LogP contribution < -0.4 is 19.1 Å². The van der Waals surface area contributed by atoms with E-state index in [1.54, 1.807) is 36.4 Å². The number of rotatable bonds is 14. The molecule has 1 unspecified atom stereocenters. The molecule has 1 aliphatic rings. The summed E-state index contributed by atoms with van der Waals surface area (Å²) >= 11 is 0. The molecule has 9 nitrogen and oxygen atoms in total. The molecule has 0 bridgehead atoms. The zero-order valence-corrected chi connectivity index (χ0v) is 29.5. The van der Waals surface area contributed by atoms with E-state index in [-0.39, 0.29) is 46.8 Å². The lowest BCUT2D eigenvalue weighted by atomic mass is 9.94. The number of carbonyl (C=O) groups is 2. The van der Waals surface area contributed by atoms with E-state index in [0.29, 0.717) is 5.75 Å². The Labute approximate surface area is 294 Å². The van der Waals surface area contributed by atoms with Crippen LogP contribution in [0.2, 0.25) is 0 Å². The molecule has 1 atom stereocenters. The van der Waals surface area contributed by atoms with Gasteiger partial charge in [-0.15, -0.1) is 0 Å². The fraction of sp³-hybridized carbons (Fsp3) is 0.333. The van der Waals surface area contributed by atoms with Gasteiger partial charge in [0.1, 0.15) is 18.4 Å². The summed E-state index contributed by atoms with van der Waals surface area (Å²) in [7, 11) is -1.44. The quantitative estimate of drug-likeness (QED) is 0.162. The molecule has 4 aromatic rings. The number of nitrogens with zero attached hydrogens (tertiary/aromatic N) is 2. The number of sulfonamides is 1. The van der Waals surface area contributed by atoms with Crippen molar-refractivity contribution < 1.29 is 31.9 Å². The van der Waals surface area contributed by atoms with Gasteiger partial charge in [-0.2, -0.15) is 0 Å². The average molecular weight is 702 g/mol. The number of hydrogen-bond donors (Lipinski definition) is 1. The Bertz CT molecular complexity index is 1860. The van der Waals surface area contributed by atoms with Crippen molar-refractivity contribution in [2.24, 2.45) is 0 Å². The summed E-state index contributed by atoms with van der Waals surface area (Å²) in [5.41, 5.74) is 2.00. The van der Waals surface area contributed by atoms with Gasteiger partial charge in [-0.25, -0.2) is 12.8 Å². The topological polar surface area (TPSA) is 105 Å². The van der Waals surface area contributed by atoms with Crippen molar-refractivity contribution in [2.75, 3.05) is 25.1 Å². The number of anilines is 1. The molecular formula is C39H44FN3O6S. The van der Waals surface area contributed by atoms with E-state index in [0.717, 1.165) is 47.5 Å². The van der Waals surface area contributed by atoms with Crippen molar-refractivity contribution in [2.45, 2.75) is 69.0 Å². The maximum atomic E-state index is 15.2. The second kappa shape index (κ2) is 16.7. The van der Waals surface area contributed by atoms with Crippen LogP contribution in [0.25, 0.3) is 0 Å². The molecule has 0 radical (unpaired) electrons. The molecule has 1 saturated carbocycles. The van der Waals surface area contributed by atoms with Crippen molar-refractivity contribution in [3.05, 3.63) is 120 Å². The van der Waals surface area contributed by atoms with E-state index in [2.05, 4.69) is 5.32 Å². The zero-order valence-electron chi connectivity index (χ0n) is 28.7. The molecule has 11 heteroatoms. The molecule has 0 heterocycles. The third-order valence-corrected chi connectivity index (χ3v) is 10.9. The second-order valence-corrected chi connectivity index (χ2v) is 14.4. The van der Waals surface area contributed by atoms with Gasteiger partial charge in [-0.3, -0.25) is 13.9 Å². The first-order valence-corrected chi connectivity index (χ1v) is 18.2. The largest absolute Gasteiger partial charge is 0.493 e. The van der Waals surface area contributed by atoms with Gasteiger partial charge in [0.25, 0.3) is 10.0 Å². The van der Waals surface area contributed by atoms with Crippen molar-refractivity contribution >= 4 is 27.5 Å². The van der Waals surface area contributed by atoms with Crippen molar-refractivity contribution in [1.29, 1.82) is 0 Å². The van der Waals surface area contributed by atoms with Gasteiger partial charge in [-0.1, -0.05) is 85.5 Å². The van der Waals surface area contributed by atoms with Gasteiger partial charge < -0.3 is 19.7 Å². The van der Waals surface area contributed by atoms with Crippen LogP contribution in [-0.2, 0) is 32.6 Å². The summed E-state index contributed by atoms with van der Waals surface area (Å²) < 4.78 is 55.8. The number of ether oxygens (including phenoxy) is 2. The molecule has 0 aromatic heterocycles. The molecule has 2 amide bonds. The minimum absolute atomic E-state index is 0.0257. The minimum atomic E-state index is -4.34. The molecule has 1 N–H and O–H groups in total. The van der Waals surface area contributed by atoms with Crippen LogP contribution in [0.3, 0.4) is 0 Å². The average Bonchev–Trinajstić information content (AvgIpc) is 3.13. The number of hydrogen-bond acceptors (Lipinski definition) is 6. The lowest BCUT2D eigenvalue weighted by Gasteiger charge is -2.35. The third kappa shape index (κ3) is 8.81. The van der Waals surface area contributed by atoms with Crippen LogP contribution in [0.1, 0.15) is 48.8 Å². The highest BCUT2D eigenvalue weighted by molar-refractivity contribution is 7.92. The Morgan fingerprint density at radius 2 is 1.52 bits per heavy atom. The number of halogens is 1. The summed E-state index contributed by atoms with van der Waals surface area (Å²) in [6.07, 6.45) is 4.87. The number of nitrogens with one attached hydrogen (secondary N) is 1. The fourth-order valence-electron chi connectivity index (χ4n) is 6.25. The van der Waals surface area contributed by atoms with Gasteiger partial charge in [0.15, 0.2) is 11.5 Å². The number of methoxy groups -OCH3 is 2. The molecule has 264 valence electrons. The van der Waals surface area contributed by atoms with E-state index in [1.165, 1.54) is 49.5 Å². The zero-order chi connectivity index (χ0) is 35.7. The predicted octanol–water partition coefficient (Wildman–Crippen LogP) is 6.44. The van der Waals surface area contributed by atoms with Crippen molar-refractivity contribution in [1.82, 2.24) is 10.2 Å². The summed E-state index contributed by atoms with van der Waals surface area (Å²) in [4.78, 5) is 30.3. The standard InChI is InChI=1S/C39H44FN3O6S/c1-28-18-21-33(22-19-28)50(46,47)43(32-20-23-36(48-2)37(25-32)49-3)27-38(44)42(26-30-14-10-11-17-34(30)40)35(24-29-12-6-4-7-13-29)39(45)41-31-15-8-5-9-16-31/h4,6-7,10-14,17-23,25,31,35H,5,8-9,15-16,24,26-27H2,1-3H3,(H,41,45). The first-order valence-electron chi connectivity index (χ1n) is 16.8. The Hall–Kier alpha value is -4.90. The van der Waals surface area contributed by atoms with Gasteiger partial charge >= 0.3 is 0 Å². The van der Waals surface area contributed by atoms with Gasteiger partial charge in [0.05, 0.1) is 24.8 Å². The van der Waals surface area contributed by atoms with Crippen LogP contribution in [0, 0.1) is 12.7 Å². The molecule has 1 aliphatic carbocycles. The first-order chi connectivity index (χ1) is 24.1. The monoisotopic (exact) mass is 701 g/mol. The Kier molecular flexibility index (Phi) is 12.1. The lowest BCUT2D eigenvalue weighted by Crippen LogP contribution is -2.55. The molecule has 0 spiro atoms. The maximum absolute atomic E-state index is 15.2. The summed E-state index contributed by atoms with van der Waals surface area (Å²) in [6.45, 7) is 0.908. The molecule has 5 rings (SSSR count). The van der Waals surface area contributed by atoms with Gasteiger partial charge in [0, 0.05) is 30.6 Å². The highest BCUT2D eigenvalue weighted by Gasteiger charge is 2.36. The highest BCUT2D eigenvalue weighted by atomic mass is 32.2. The number of amides is 2. The Balaban J connectivity index is 1.60. The van der Waals surface area contributed by atoms with E-state index >= 15 is 4.39 Å². The van der Waals surface area contributed by atoms with E-state index in [9.17, 15) is 18.0 Å². The van der Waals surface area contributed by atoms with E-state index in [1.807, 2.05) is 37.3 Å². The fourth-order valence-corrected chi connectivity index (χ4v) is 7.66. The van der Waals surface area contributed by atoms with Crippen molar-refractivity contribution in [3.8, 4) is 11.5 Å². The number of aryl methyl sites for hydroxylation is 1. The van der Waals surface area contributed by atoms with Crippen LogP contribution in [0.5, 0.6) is 11.5 Å². The van der Waals surface area contributed by atoms with E-state index < -0.39 is 34.3 Å². The van der Waals surface area contributed by atoms with Crippen LogP contribution in [0.4, 0.5) is 10.1 Å². The van der Waals surface area contributed by atoms with Gasteiger partial charge in [-0.05, 0) is 55.7 Å². The van der Waals surface area contributed by atoms with Crippen LogP contribution in [-0.4, -0.2) is 58.0 Å². The summed E-state index contributed by atoms with van der Waals surface area (Å²) in [5.74, 6) is -0.958. The highest BCUT2D eigenvalue weighted by Crippen LogP contribution is 2.34. The molecule has 1 fully saturated rings. The molecule has 4 aromatic carbocycles. The Morgan fingerprint density at radius 1 is 0.860 bits per heavy atom. The van der Waals surface area contributed by atoms with Crippen molar-refractivity contribution in [3.63, 3.8) is 0 Å². The number of benzene rings is 4. The predicted molar refractivity (Wildman–Crippen MR) is 191 cm³/mol. The Morgan fingerprint density at radius 3 is 2.18 bits per heavy atom. The maximum Gasteiger partial charge on any atom is 0.264 e. The molecular weight excluding hydrogens is 658 g/mol. The van der Waals surface area contributed by atoms with E-state index in [4.69, 9.17) is 9.47 Å². The third-order valence-electron chi connectivity index (χ3n) is 9.06. The lowest BCUT2D eigenvalue weighted by molar-refractivity contribution is -0.140. The summed E-state index contributed by atoms with van der Waals surface area (Å²) in [5, 5.41) is 3.16. The summed E-state index contributed by atoms with van der Waals surface area (Å²) in [6, 6.07) is 25.1. The van der Waals surface area contributed by atoms with Crippen LogP contribution >= 0.6 is 0 Å². The molecule has 50 heavy (non-hydrogen) atoms. The van der Waals surface area contributed by atoms with Crippen LogP contribution in [0.15, 0.2) is 102 Å².